The maximum Gasteiger partial charge on any atom is 0.277 e. The molecule has 1 rings (SSSR count). The van der Waals surface area contributed by atoms with Crippen LogP contribution in [0.2, 0.25) is 0 Å². The number of nitrogens with two attached hydrogens (primary N) is 1. The number of hydrogen-bond acceptors (Lipinski definition) is 4. The molecule has 0 atom stereocenters. The molecule has 6 nitrogen and oxygen atoms in total. The zero-order valence-corrected chi connectivity index (χ0v) is 8.78. The Kier molecular flexibility index (Phi) is 3.56. The Morgan fingerprint density at radius 2 is 2.40 bits per heavy atom. The lowest BCUT2D eigenvalue weighted by Crippen LogP contribution is -2.32. The minimum atomic E-state index is -0.356. The second-order valence-electron chi connectivity index (χ2n) is 3.13. The number of rotatable bonds is 4. The molecule has 82 valence electrons. The molecule has 0 saturated carbocycles. The van der Waals surface area contributed by atoms with Gasteiger partial charge in [0.05, 0.1) is 24.4 Å². The number of nitrogens with zero attached hydrogens (tertiary/aromatic N) is 2. The van der Waals surface area contributed by atoms with Crippen molar-refractivity contribution in [3.05, 3.63) is 27.7 Å². The molecule has 1 aromatic rings. The third-order valence-corrected chi connectivity index (χ3v) is 1.89. The van der Waals surface area contributed by atoms with Crippen LogP contribution < -0.4 is 11.3 Å². The largest absolute Gasteiger partial charge is 0.384 e. The van der Waals surface area contributed by atoms with E-state index < -0.39 is 0 Å². The fourth-order valence-electron chi connectivity index (χ4n) is 1.20. The summed E-state index contributed by atoms with van der Waals surface area (Å²) in [6.45, 7) is 2.50. The Morgan fingerprint density at radius 1 is 1.73 bits per heavy atom. The molecule has 15 heavy (non-hydrogen) atoms. The van der Waals surface area contributed by atoms with Crippen LogP contribution in [0.5, 0.6) is 0 Å². The van der Waals surface area contributed by atoms with Crippen LogP contribution in [-0.2, 0) is 11.3 Å². The Balaban J connectivity index is 3.17. The van der Waals surface area contributed by atoms with Crippen LogP contribution in [-0.4, -0.2) is 29.3 Å². The molecule has 0 fully saturated rings. The van der Waals surface area contributed by atoms with Gasteiger partial charge in [-0.1, -0.05) is 0 Å². The van der Waals surface area contributed by atoms with E-state index in [-0.39, 0.29) is 17.0 Å². The van der Waals surface area contributed by atoms with Crippen LogP contribution in [0.4, 0.5) is 0 Å². The van der Waals surface area contributed by atoms with E-state index in [0.29, 0.717) is 18.8 Å². The zero-order chi connectivity index (χ0) is 11.4. The molecule has 0 aliphatic carbocycles. The first-order valence-corrected chi connectivity index (χ1v) is 4.48. The van der Waals surface area contributed by atoms with E-state index >= 15 is 0 Å². The van der Waals surface area contributed by atoms with Gasteiger partial charge in [-0.3, -0.25) is 10.2 Å². The summed E-state index contributed by atoms with van der Waals surface area (Å²) in [5.74, 6) is -0.239. The average molecular weight is 210 g/mol. The molecule has 0 radical (unpaired) electrons. The van der Waals surface area contributed by atoms with Gasteiger partial charge in [-0.15, -0.1) is 0 Å². The quantitative estimate of drug-likeness (QED) is 0.516. The summed E-state index contributed by atoms with van der Waals surface area (Å²) in [7, 11) is 1.55. The number of aryl methyl sites for hydroxylation is 1. The van der Waals surface area contributed by atoms with Gasteiger partial charge in [0.1, 0.15) is 5.84 Å². The number of aromatic nitrogens is 2. The van der Waals surface area contributed by atoms with Gasteiger partial charge in [-0.25, -0.2) is 4.68 Å². The highest BCUT2D eigenvalue weighted by atomic mass is 16.5. The van der Waals surface area contributed by atoms with Crippen molar-refractivity contribution in [1.82, 2.24) is 9.78 Å². The van der Waals surface area contributed by atoms with Crippen LogP contribution in [0.15, 0.2) is 10.9 Å². The molecule has 0 aliphatic heterocycles. The van der Waals surface area contributed by atoms with Crippen molar-refractivity contribution in [2.75, 3.05) is 13.7 Å². The number of hydrogen-bond donors (Lipinski definition) is 2. The molecule has 0 aromatic carbocycles. The monoisotopic (exact) mass is 210 g/mol. The number of methoxy groups -OCH3 is 1. The highest BCUT2D eigenvalue weighted by molar-refractivity contribution is 5.94. The van der Waals surface area contributed by atoms with Crippen molar-refractivity contribution in [3.8, 4) is 0 Å². The third-order valence-electron chi connectivity index (χ3n) is 1.89. The molecule has 0 amide bonds. The maximum atomic E-state index is 11.7. The SMILES string of the molecule is COCCn1nc(C)cc(C(=N)N)c1=O. The smallest absolute Gasteiger partial charge is 0.277 e. The van der Waals surface area contributed by atoms with E-state index in [0.717, 1.165) is 0 Å². The summed E-state index contributed by atoms with van der Waals surface area (Å²) >= 11 is 0. The van der Waals surface area contributed by atoms with Gasteiger partial charge < -0.3 is 10.5 Å². The predicted octanol–water partition coefficient (Wildman–Crippen LogP) is -0.518. The van der Waals surface area contributed by atoms with E-state index in [1.54, 1.807) is 14.0 Å². The summed E-state index contributed by atoms with van der Waals surface area (Å²) in [5.41, 5.74) is 5.76. The highest BCUT2D eigenvalue weighted by Gasteiger charge is 2.08. The molecule has 0 aliphatic rings. The van der Waals surface area contributed by atoms with E-state index in [1.807, 2.05) is 0 Å². The Labute approximate surface area is 87.2 Å². The lowest BCUT2D eigenvalue weighted by atomic mass is 10.2. The molecule has 0 bridgehead atoms. The number of amidine groups is 1. The second kappa shape index (κ2) is 4.70. The fourth-order valence-corrected chi connectivity index (χ4v) is 1.20. The molecule has 1 aromatic heterocycles. The first kappa shape index (κ1) is 11.4. The van der Waals surface area contributed by atoms with Crippen molar-refractivity contribution in [2.24, 2.45) is 5.73 Å². The first-order chi connectivity index (χ1) is 7.06. The highest BCUT2D eigenvalue weighted by Crippen LogP contribution is 1.94. The van der Waals surface area contributed by atoms with Crippen LogP contribution in [0.25, 0.3) is 0 Å². The molecular formula is C9H14N4O2. The standard InChI is InChI=1S/C9H14N4O2/c1-6-5-7(8(10)11)9(14)13(12-6)3-4-15-2/h5H,3-4H2,1-2H3,(H3,10,11). The molecule has 0 saturated heterocycles. The molecule has 0 unspecified atom stereocenters. The first-order valence-electron chi connectivity index (χ1n) is 4.48. The summed E-state index contributed by atoms with van der Waals surface area (Å²) in [6, 6.07) is 1.51. The van der Waals surface area contributed by atoms with Crippen molar-refractivity contribution in [3.63, 3.8) is 0 Å². The van der Waals surface area contributed by atoms with E-state index in [1.165, 1.54) is 10.7 Å². The lowest BCUT2D eigenvalue weighted by Gasteiger charge is -2.07. The van der Waals surface area contributed by atoms with Gasteiger partial charge in [0.25, 0.3) is 5.56 Å². The summed E-state index contributed by atoms with van der Waals surface area (Å²) in [6.07, 6.45) is 0. The zero-order valence-electron chi connectivity index (χ0n) is 8.78. The van der Waals surface area contributed by atoms with Gasteiger partial charge in [0.15, 0.2) is 0 Å². The minimum Gasteiger partial charge on any atom is -0.384 e. The molecule has 1 heterocycles. The van der Waals surface area contributed by atoms with Crippen LogP contribution in [0.3, 0.4) is 0 Å². The van der Waals surface area contributed by atoms with E-state index in [9.17, 15) is 4.79 Å². The van der Waals surface area contributed by atoms with Gasteiger partial charge >= 0.3 is 0 Å². The van der Waals surface area contributed by atoms with Crippen LogP contribution >= 0.6 is 0 Å². The summed E-state index contributed by atoms with van der Waals surface area (Å²) < 4.78 is 6.12. The van der Waals surface area contributed by atoms with Gasteiger partial charge in [-0.05, 0) is 13.0 Å². The van der Waals surface area contributed by atoms with Gasteiger partial charge in [0, 0.05) is 7.11 Å². The van der Waals surface area contributed by atoms with E-state index in [4.69, 9.17) is 15.9 Å². The van der Waals surface area contributed by atoms with Crippen molar-refractivity contribution >= 4 is 5.84 Å². The average Bonchev–Trinajstić information content (AvgIpc) is 2.18. The third kappa shape index (κ3) is 2.63. The minimum absolute atomic E-state index is 0.179. The summed E-state index contributed by atoms with van der Waals surface area (Å²) in [4.78, 5) is 11.7. The topological polar surface area (TPSA) is 94.0 Å². The molecular weight excluding hydrogens is 196 g/mol. The lowest BCUT2D eigenvalue weighted by molar-refractivity contribution is 0.181. The van der Waals surface area contributed by atoms with Crippen molar-refractivity contribution < 1.29 is 4.74 Å². The Morgan fingerprint density at radius 3 is 2.93 bits per heavy atom. The number of nitrogen functional groups attached to an aromatic ring is 1. The normalized spacial score (nSPS) is 10.3. The maximum absolute atomic E-state index is 11.7. The molecule has 6 heteroatoms. The Hall–Kier alpha value is -1.69. The van der Waals surface area contributed by atoms with Crippen LogP contribution in [0.1, 0.15) is 11.3 Å². The summed E-state index contributed by atoms with van der Waals surface area (Å²) in [5, 5.41) is 11.3. The van der Waals surface area contributed by atoms with Crippen molar-refractivity contribution in [2.45, 2.75) is 13.5 Å². The van der Waals surface area contributed by atoms with E-state index in [2.05, 4.69) is 5.10 Å². The molecule has 3 N–H and O–H groups in total. The Bertz CT molecular complexity index is 425. The second-order valence-corrected chi connectivity index (χ2v) is 3.13. The van der Waals surface area contributed by atoms with Gasteiger partial charge in [0.2, 0.25) is 0 Å². The van der Waals surface area contributed by atoms with Gasteiger partial charge in [-0.2, -0.15) is 5.10 Å². The predicted molar refractivity (Wildman–Crippen MR) is 56.1 cm³/mol. The number of nitrogens with one attached hydrogen (secondary N) is 1. The van der Waals surface area contributed by atoms with Crippen LogP contribution in [0, 0.1) is 12.3 Å². The van der Waals surface area contributed by atoms with Crippen molar-refractivity contribution in [1.29, 1.82) is 5.41 Å². The number of ether oxygens (including phenoxy) is 1. The molecule has 0 spiro atoms. The fraction of sp³-hybridized carbons (Fsp3) is 0.444.